The summed E-state index contributed by atoms with van der Waals surface area (Å²) < 4.78 is 11.6. The number of nitrogens with one attached hydrogen (secondary N) is 1. The number of rotatable bonds is 9. The van der Waals surface area contributed by atoms with Crippen molar-refractivity contribution in [3.63, 3.8) is 0 Å². The number of hydrogen-bond acceptors (Lipinski definition) is 3. The van der Waals surface area contributed by atoms with Crippen molar-refractivity contribution in [2.24, 2.45) is 5.41 Å². The first kappa shape index (κ1) is 16.9. The van der Waals surface area contributed by atoms with Gasteiger partial charge in [-0.1, -0.05) is 27.7 Å². The maximum absolute atomic E-state index is 6.09. The van der Waals surface area contributed by atoms with Gasteiger partial charge in [-0.15, -0.1) is 0 Å². The highest BCUT2D eigenvalue weighted by atomic mass is 16.5. The van der Waals surface area contributed by atoms with Crippen LogP contribution in [0.3, 0.4) is 0 Å². The molecule has 0 bridgehead atoms. The zero-order valence-corrected chi connectivity index (χ0v) is 13.3. The van der Waals surface area contributed by atoms with Gasteiger partial charge in [0.15, 0.2) is 0 Å². The molecule has 2 atom stereocenters. The van der Waals surface area contributed by atoms with Crippen LogP contribution in [0, 0.1) is 5.41 Å². The van der Waals surface area contributed by atoms with Gasteiger partial charge < -0.3 is 14.8 Å². The Bertz CT molecular complexity index is 231. The lowest BCUT2D eigenvalue weighted by Crippen LogP contribution is -2.48. The monoisotopic (exact) mass is 271 g/mol. The minimum atomic E-state index is 0.348. The van der Waals surface area contributed by atoms with Crippen LogP contribution in [-0.2, 0) is 9.47 Å². The van der Waals surface area contributed by atoms with E-state index in [2.05, 4.69) is 33.0 Å². The van der Waals surface area contributed by atoms with Crippen LogP contribution < -0.4 is 5.32 Å². The van der Waals surface area contributed by atoms with E-state index in [4.69, 9.17) is 9.47 Å². The molecule has 0 aromatic heterocycles. The third-order valence-electron chi connectivity index (χ3n) is 3.90. The Labute approximate surface area is 119 Å². The van der Waals surface area contributed by atoms with Crippen LogP contribution in [0.25, 0.3) is 0 Å². The molecule has 1 aliphatic carbocycles. The maximum Gasteiger partial charge on any atom is 0.0734 e. The summed E-state index contributed by atoms with van der Waals surface area (Å²) in [4.78, 5) is 0. The highest BCUT2D eigenvalue weighted by Gasteiger charge is 2.35. The van der Waals surface area contributed by atoms with Gasteiger partial charge >= 0.3 is 0 Å². The molecule has 3 heteroatoms. The van der Waals surface area contributed by atoms with Crippen molar-refractivity contribution in [2.45, 2.75) is 71.9 Å². The van der Waals surface area contributed by atoms with Crippen LogP contribution in [0.15, 0.2) is 0 Å². The summed E-state index contributed by atoms with van der Waals surface area (Å²) in [7, 11) is 0. The van der Waals surface area contributed by atoms with Crippen LogP contribution in [0.4, 0.5) is 0 Å². The fraction of sp³-hybridized carbons (Fsp3) is 1.00. The largest absolute Gasteiger partial charge is 0.379 e. The van der Waals surface area contributed by atoms with E-state index in [0.29, 0.717) is 17.6 Å². The quantitative estimate of drug-likeness (QED) is 0.652. The Hall–Kier alpha value is -0.120. The molecule has 0 aromatic rings. The molecule has 2 unspecified atom stereocenters. The summed E-state index contributed by atoms with van der Waals surface area (Å²) >= 11 is 0. The molecule has 0 spiro atoms. The fourth-order valence-electron chi connectivity index (χ4n) is 2.76. The second-order valence-electron chi connectivity index (χ2n) is 6.49. The zero-order valence-electron chi connectivity index (χ0n) is 13.3. The summed E-state index contributed by atoms with van der Waals surface area (Å²) in [6, 6.07) is 0.527. The van der Waals surface area contributed by atoms with Gasteiger partial charge in [-0.25, -0.2) is 0 Å². The average Bonchev–Trinajstić information content (AvgIpc) is 2.37. The van der Waals surface area contributed by atoms with Gasteiger partial charge in [-0.05, 0) is 44.1 Å². The molecule has 0 amide bonds. The standard InChI is InChI=1S/C16H33NO2/c1-5-9-17-14-7-8-16(3,4)13-15(14)19-12-11-18-10-6-2/h14-15,17H,5-13H2,1-4H3. The fourth-order valence-corrected chi connectivity index (χ4v) is 2.76. The predicted molar refractivity (Wildman–Crippen MR) is 80.6 cm³/mol. The van der Waals surface area contributed by atoms with Crippen LogP contribution in [0.1, 0.15) is 59.8 Å². The smallest absolute Gasteiger partial charge is 0.0734 e. The van der Waals surface area contributed by atoms with Crippen molar-refractivity contribution in [2.75, 3.05) is 26.4 Å². The average molecular weight is 271 g/mol. The van der Waals surface area contributed by atoms with E-state index in [-0.39, 0.29) is 0 Å². The molecular formula is C16H33NO2. The van der Waals surface area contributed by atoms with Gasteiger partial charge in [0.1, 0.15) is 0 Å². The van der Waals surface area contributed by atoms with Gasteiger partial charge in [0, 0.05) is 12.6 Å². The lowest BCUT2D eigenvalue weighted by atomic mass is 9.74. The molecule has 0 heterocycles. The van der Waals surface area contributed by atoms with E-state index >= 15 is 0 Å². The third kappa shape index (κ3) is 6.73. The van der Waals surface area contributed by atoms with Crippen molar-refractivity contribution >= 4 is 0 Å². The second kappa shape index (κ2) is 8.93. The molecule has 3 nitrogen and oxygen atoms in total. The van der Waals surface area contributed by atoms with Crippen LogP contribution >= 0.6 is 0 Å². The van der Waals surface area contributed by atoms with Gasteiger partial charge in [0.25, 0.3) is 0 Å². The van der Waals surface area contributed by atoms with Crippen LogP contribution in [0.2, 0.25) is 0 Å². The van der Waals surface area contributed by atoms with Crippen molar-refractivity contribution in [3.8, 4) is 0 Å². The predicted octanol–water partition coefficient (Wildman–Crippen LogP) is 3.38. The van der Waals surface area contributed by atoms with E-state index < -0.39 is 0 Å². The van der Waals surface area contributed by atoms with E-state index in [1.54, 1.807) is 0 Å². The Morgan fingerprint density at radius 3 is 2.58 bits per heavy atom. The first-order valence-corrected chi connectivity index (χ1v) is 8.02. The van der Waals surface area contributed by atoms with Crippen molar-refractivity contribution in [1.82, 2.24) is 5.32 Å². The molecule has 1 saturated carbocycles. The van der Waals surface area contributed by atoms with Gasteiger partial charge in [0.05, 0.1) is 19.3 Å². The van der Waals surface area contributed by atoms with Crippen molar-refractivity contribution in [1.29, 1.82) is 0 Å². The zero-order chi connectivity index (χ0) is 14.1. The Morgan fingerprint density at radius 2 is 1.89 bits per heavy atom. The van der Waals surface area contributed by atoms with E-state index in [1.165, 1.54) is 19.3 Å². The van der Waals surface area contributed by atoms with Crippen LogP contribution in [0.5, 0.6) is 0 Å². The molecule has 19 heavy (non-hydrogen) atoms. The van der Waals surface area contributed by atoms with Crippen molar-refractivity contribution in [3.05, 3.63) is 0 Å². The molecule has 1 fully saturated rings. The van der Waals surface area contributed by atoms with Gasteiger partial charge in [0.2, 0.25) is 0 Å². The summed E-state index contributed by atoms with van der Waals surface area (Å²) in [5, 5.41) is 3.65. The van der Waals surface area contributed by atoms with Gasteiger partial charge in [-0.2, -0.15) is 0 Å². The molecule has 114 valence electrons. The summed E-state index contributed by atoms with van der Waals surface area (Å²) in [6.45, 7) is 12.5. The lowest BCUT2D eigenvalue weighted by Gasteiger charge is -2.41. The van der Waals surface area contributed by atoms with E-state index in [9.17, 15) is 0 Å². The third-order valence-corrected chi connectivity index (χ3v) is 3.90. The summed E-state index contributed by atoms with van der Waals surface area (Å²) in [6.07, 6.45) is 6.29. The molecule has 1 aliphatic rings. The normalized spacial score (nSPS) is 26.5. The highest BCUT2D eigenvalue weighted by molar-refractivity contribution is 4.89. The molecular weight excluding hydrogens is 238 g/mol. The topological polar surface area (TPSA) is 30.5 Å². The van der Waals surface area contributed by atoms with Crippen LogP contribution in [-0.4, -0.2) is 38.5 Å². The van der Waals surface area contributed by atoms with Crippen molar-refractivity contribution < 1.29 is 9.47 Å². The maximum atomic E-state index is 6.09. The molecule has 1 N–H and O–H groups in total. The molecule has 0 radical (unpaired) electrons. The minimum absolute atomic E-state index is 0.348. The Morgan fingerprint density at radius 1 is 1.11 bits per heavy atom. The Balaban J connectivity index is 2.33. The second-order valence-corrected chi connectivity index (χ2v) is 6.49. The summed E-state index contributed by atoms with van der Waals surface area (Å²) in [5.74, 6) is 0. The summed E-state index contributed by atoms with van der Waals surface area (Å²) in [5.41, 5.74) is 0.416. The van der Waals surface area contributed by atoms with E-state index in [1.807, 2.05) is 0 Å². The molecule has 0 aromatic carbocycles. The lowest BCUT2D eigenvalue weighted by molar-refractivity contribution is -0.0491. The minimum Gasteiger partial charge on any atom is -0.379 e. The van der Waals surface area contributed by atoms with E-state index in [0.717, 1.165) is 39.2 Å². The van der Waals surface area contributed by atoms with Gasteiger partial charge in [-0.3, -0.25) is 0 Å². The first-order valence-electron chi connectivity index (χ1n) is 8.02. The highest BCUT2D eigenvalue weighted by Crippen LogP contribution is 2.36. The first-order chi connectivity index (χ1) is 9.09. The Kier molecular flexibility index (Phi) is 7.96. The molecule has 0 saturated heterocycles. The number of ether oxygens (including phenoxy) is 2. The SMILES string of the molecule is CCCNC1CCC(C)(C)CC1OCCOCCC. The number of hydrogen-bond donors (Lipinski definition) is 1. The molecule has 0 aliphatic heterocycles. The molecule has 1 rings (SSSR count).